The molecule has 0 saturated heterocycles. The molecule has 1 aromatic carbocycles. The molecule has 0 aliphatic rings. The van der Waals surface area contributed by atoms with E-state index in [-0.39, 0.29) is 18.3 Å². The Balaban J connectivity index is 3.18. The Morgan fingerprint density at radius 1 is 0.929 bits per heavy atom. The Morgan fingerprint density at radius 2 is 1.46 bits per heavy atom. The zero-order valence-corrected chi connectivity index (χ0v) is 15.1. The van der Waals surface area contributed by atoms with E-state index in [9.17, 15) is 44.6 Å². The molecule has 1 rings (SSSR count). The SMILES string of the molecule is CC(C)COc1cccc(C(C)(O)CC(F)(F)C(F)(F)C(F)(F)C(F)(F)F)c1. The summed E-state index contributed by atoms with van der Waals surface area (Å²) in [5.74, 6) is -19.5. The molecule has 0 saturated carbocycles. The van der Waals surface area contributed by atoms with Crippen molar-refractivity contribution < 1.29 is 49.4 Å². The number of aliphatic hydroxyl groups is 1. The Hall–Kier alpha value is -1.65. The van der Waals surface area contributed by atoms with Gasteiger partial charge in [-0.2, -0.15) is 39.5 Å². The maximum atomic E-state index is 13.8. The molecule has 0 aliphatic heterocycles. The second kappa shape index (κ2) is 7.64. The first kappa shape index (κ1) is 24.4. The van der Waals surface area contributed by atoms with Gasteiger partial charge in [-0.05, 0) is 30.5 Å². The van der Waals surface area contributed by atoms with Gasteiger partial charge in [0.15, 0.2) is 0 Å². The van der Waals surface area contributed by atoms with Crippen LogP contribution in [0.15, 0.2) is 24.3 Å². The van der Waals surface area contributed by atoms with Crippen molar-refractivity contribution in [2.45, 2.75) is 56.7 Å². The monoisotopic (exact) mass is 426 g/mol. The molecule has 11 heteroatoms. The highest BCUT2D eigenvalue weighted by Crippen LogP contribution is 2.55. The van der Waals surface area contributed by atoms with Crippen LogP contribution in [0.25, 0.3) is 0 Å². The van der Waals surface area contributed by atoms with Crippen molar-refractivity contribution in [1.29, 1.82) is 0 Å². The van der Waals surface area contributed by atoms with Crippen LogP contribution >= 0.6 is 0 Å². The number of hydrogen-bond donors (Lipinski definition) is 1. The predicted molar refractivity (Wildman–Crippen MR) is 81.9 cm³/mol. The maximum absolute atomic E-state index is 13.8. The van der Waals surface area contributed by atoms with Gasteiger partial charge in [-0.15, -0.1) is 0 Å². The summed E-state index contributed by atoms with van der Waals surface area (Å²) in [4.78, 5) is 0. The second-order valence-corrected chi connectivity index (χ2v) is 7.03. The lowest BCUT2D eigenvalue weighted by molar-refractivity contribution is -0.400. The summed E-state index contributed by atoms with van der Waals surface area (Å²) in [5.41, 5.74) is -3.27. The van der Waals surface area contributed by atoms with Crippen molar-refractivity contribution in [3.63, 3.8) is 0 Å². The summed E-state index contributed by atoms with van der Waals surface area (Å²) in [6, 6.07) is 4.63. The Morgan fingerprint density at radius 3 is 1.93 bits per heavy atom. The maximum Gasteiger partial charge on any atom is 0.460 e. The molecule has 0 bridgehead atoms. The average molecular weight is 426 g/mol. The van der Waals surface area contributed by atoms with Crippen LogP contribution in [0.2, 0.25) is 0 Å². The smallest absolute Gasteiger partial charge is 0.460 e. The fourth-order valence-corrected chi connectivity index (χ4v) is 2.24. The number of benzene rings is 1. The fraction of sp³-hybridized carbons (Fsp3) is 0.647. The molecule has 0 heterocycles. The fourth-order valence-electron chi connectivity index (χ4n) is 2.24. The van der Waals surface area contributed by atoms with Gasteiger partial charge in [0.1, 0.15) is 5.75 Å². The van der Waals surface area contributed by atoms with Gasteiger partial charge in [-0.1, -0.05) is 26.0 Å². The number of rotatable bonds is 8. The first-order valence-corrected chi connectivity index (χ1v) is 8.01. The van der Waals surface area contributed by atoms with Crippen molar-refractivity contribution in [3.8, 4) is 5.75 Å². The topological polar surface area (TPSA) is 29.5 Å². The van der Waals surface area contributed by atoms with E-state index in [0.717, 1.165) is 12.1 Å². The van der Waals surface area contributed by atoms with Crippen LogP contribution in [0.1, 0.15) is 32.8 Å². The summed E-state index contributed by atoms with van der Waals surface area (Å²) in [6.45, 7) is 4.38. The lowest BCUT2D eigenvalue weighted by Crippen LogP contribution is -2.62. The number of ether oxygens (including phenoxy) is 1. The van der Waals surface area contributed by atoms with Gasteiger partial charge in [-0.25, -0.2) is 0 Å². The molecule has 28 heavy (non-hydrogen) atoms. The molecule has 1 atom stereocenters. The summed E-state index contributed by atoms with van der Waals surface area (Å²) in [7, 11) is 0. The standard InChI is InChI=1S/C17H19F9O2/c1-10(2)8-28-12-6-4-5-11(7-12)13(3,27)9-14(18,19)15(20,21)16(22,23)17(24,25)26/h4-7,10,27H,8-9H2,1-3H3. The Labute approximate surface area is 155 Å². The number of halogens is 9. The molecule has 0 radical (unpaired) electrons. The van der Waals surface area contributed by atoms with Gasteiger partial charge in [-0.3, -0.25) is 0 Å². The van der Waals surface area contributed by atoms with Gasteiger partial charge >= 0.3 is 23.9 Å². The third-order valence-electron chi connectivity index (χ3n) is 3.82. The summed E-state index contributed by atoms with van der Waals surface area (Å²) in [5, 5.41) is 10.2. The second-order valence-electron chi connectivity index (χ2n) is 7.03. The average Bonchev–Trinajstić information content (AvgIpc) is 2.50. The van der Waals surface area contributed by atoms with E-state index in [1.54, 1.807) is 13.8 Å². The molecule has 0 fully saturated rings. The van der Waals surface area contributed by atoms with Crippen LogP contribution in [0, 0.1) is 5.92 Å². The van der Waals surface area contributed by atoms with Crippen LogP contribution < -0.4 is 4.74 Å². The van der Waals surface area contributed by atoms with Crippen molar-refractivity contribution >= 4 is 0 Å². The molecule has 0 aliphatic carbocycles. The third-order valence-corrected chi connectivity index (χ3v) is 3.82. The van der Waals surface area contributed by atoms with E-state index in [0.29, 0.717) is 6.92 Å². The van der Waals surface area contributed by atoms with Gasteiger partial charge in [0.05, 0.1) is 18.6 Å². The van der Waals surface area contributed by atoms with E-state index >= 15 is 0 Å². The van der Waals surface area contributed by atoms with Crippen LogP contribution in [0.4, 0.5) is 39.5 Å². The zero-order valence-electron chi connectivity index (χ0n) is 15.1. The van der Waals surface area contributed by atoms with Crippen molar-refractivity contribution in [1.82, 2.24) is 0 Å². The molecular formula is C17H19F9O2. The molecule has 0 amide bonds. The van der Waals surface area contributed by atoms with Crippen LogP contribution in [0.3, 0.4) is 0 Å². The first-order chi connectivity index (χ1) is 12.3. The van der Waals surface area contributed by atoms with E-state index < -0.39 is 41.5 Å². The first-order valence-electron chi connectivity index (χ1n) is 8.01. The van der Waals surface area contributed by atoms with E-state index in [1.165, 1.54) is 12.1 Å². The molecule has 0 spiro atoms. The molecular weight excluding hydrogens is 407 g/mol. The molecule has 2 nitrogen and oxygen atoms in total. The van der Waals surface area contributed by atoms with Crippen LogP contribution in [-0.4, -0.2) is 35.7 Å². The van der Waals surface area contributed by atoms with E-state index in [2.05, 4.69) is 0 Å². The van der Waals surface area contributed by atoms with Gasteiger partial charge in [0.2, 0.25) is 0 Å². The number of hydrogen-bond acceptors (Lipinski definition) is 2. The summed E-state index contributed by atoms with van der Waals surface area (Å²) >= 11 is 0. The van der Waals surface area contributed by atoms with E-state index in [4.69, 9.17) is 4.74 Å². The lowest BCUT2D eigenvalue weighted by atomic mass is 9.86. The van der Waals surface area contributed by atoms with Crippen molar-refractivity contribution in [3.05, 3.63) is 29.8 Å². The molecule has 162 valence electrons. The Bertz CT molecular complexity index is 667. The lowest BCUT2D eigenvalue weighted by Gasteiger charge is -2.37. The highest BCUT2D eigenvalue weighted by atomic mass is 19.4. The van der Waals surface area contributed by atoms with Crippen molar-refractivity contribution in [2.75, 3.05) is 6.61 Å². The molecule has 1 unspecified atom stereocenters. The molecule has 1 aromatic rings. The number of alkyl halides is 9. The van der Waals surface area contributed by atoms with Gasteiger partial charge < -0.3 is 9.84 Å². The highest BCUT2D eigenvalue weighted by Gasteiger charge is 2.81. The van der Waals surface area contributed by atoms with Crippen LogP contribution in [-0.2, 0) is 5.60 Å². The zero-order chi connectivity index (χ0) is 22.2. The van der Waals surface area contributed by atoms with Gasteiger partial charge in [0.25, 0.3) is 0 Å². The normalized spacial score (nSPS) is 16.2. The molecule has 1 N–H and O–H groups in total. The predicted octanol–water partition coefficient (Wildman–Crippen LogP) is 5.79. The molecule has 0 aromatic heterocycles. The Kier molecular flexibility index (Phi) is 6.66. The van der Waals surface area contributed by atoms with Gasteiger partial charge in [0, 0.05) is 0 Å². The minimum Gasteiger partial charge on any atom is -0.493 e. The third kappa shape index (κ3) is 4.84. The summed E-state index contributed by atoms with van der Waals surface area (Å²) in [6.07, 6.45) is -9.29. The van der Waals surface area contributed by atoms with Crippen molar-refractivity contribution in [2.24, 2.45) is 5.92 Å². The minimum absolute atomic E-state index is 0.0665. The van der Waals surface area contributed by atoms with Crippen LogP contribution in [0.5, 0.6) is 5.75 Å². The highest BCUT2D eigenvalue weighted by molar-refractivity contribution is 5.32. The quantitative estimate of drug-likeness (QED) is 0.534. The summed E-state index contributed by atoms with van der Waals surface area (Å²) < 4.78 is 122. The van der Waals surface area contributed by atoms with E-state index in [1.807, 2.05) is 0 Å². The largest absolute Gasteiger partial charge is 0.493 e. The minimum atomic E-state index is -7.00.